The summed E-state index contributed by atoms with van der Waals surface area (Å²) in [5.74, 6) is 0.788. The summed E-state index contributed by atoms with van der Waals surface area (Å²) in [6, 6.07) is 16.2. The molecule has 1 aromatic heterocycles. The van der Waals surface area contributed by atoms with E-state index in [4.69, 9.17) is 4.74 Å². The predicted molar refractivity (Wildman–Crippen MR) is 118 cm³/mol. The molecule has 1 N–H and O–H groups in total. The van der Waals surface area contributed by atoms with Gasteiger partial charge >= 0.3 is 0 Å². The lowest BCUT2D eigenvalue weighted by atomic mass is 9.94. The zero-order valence-corrected chi connectivity index (χ0v) is 17.5. The number of carbonyl (C=O) groups is 1. The summed E-state index contributed by atoms with van der Waals surface area (Å²) >= 11 is 0. The maximum atomic E-state index is 13.4. The molecule has 5 nitrogen and oxygen atoms in total. The minimum absolute atomic E-state index is 0. The third kappa shape index (κ3) is 4.36. The minimum atomic E-state index is -0.205. The highest BCUT2D eigenvalue weighted by atomic mass is 35.5. The van der Waals surface area contributed by atoms with E-state index < -0.39 is 0 Å². The summed E-state index contributed by atoms with van der Waals surface area (Å²) < 4.78 is 5.30. The molecular weight excluding hydrogens is 386 g/mol. The van der Waals surface area contributed by atoms with Gasteiger partial charge in [0.15, 0.2) is 0 Å². The Balaban J connectivity index is 0.00000240. The first kappa shape index (κ1) is 21.1. The Morgan fingerprint density at radius 1 is 1.21 bits per heavy atom. The monoisotopic (exact) mass is 411 g/mol. The number of piperazine rings is 1. The van der Waals surface area contributed by atoms with E-state index in [1.54, 1.807) is 13.3 Å². The number of amides is 1. The number of methoxy groups -OCH3 is 1. The molecule has 0 spiro atoms. The van der Waals surface area contributed by atoms with Crippen LogP contribution in [-0.2, 0) is 4.79 Å². The van der Waals surface area contributed by atoms with Gasteiger partial charge in [-0.15, -0.1) is 12.4 Å². The molecule has 0 radical (unpaired) electrons. The van der Waals surface area contributed by atoms with Gasteiger partial charge < -0.3 is 15.0 Å². The summed E-state index contributed by atoms with van der Waals surface area (Å²) in [6.07, 6.45) is 3.62. The molecule has 0 saturated carbocycles. The summed E-state index contributed by atoms with van der Waals surface area (Å²) in [5, 5.41) is 5.62. The number of nitrogens with zero attached hydrogens (tertiary/aromatic N) is 2. The molecular formula is C23H26ClN3O2. The van der Waals surface area contributed by atoms with Crippen molar-refractivity contribution >= 4 is 29.1 Å². The van der Waals surface area contributed by atoms with Gasteiger partial charge in [0.1, 0.15) is 5.75 Å². The molecule has 4 rings (SSSR count). The first-order chi connectivity index (χ1) is 13.7. The summed E-state index contributed by atoms with van der Waals surface area (Å²) in [6.45, 7) is 4.26. The number of pyridine rings is 1. The number of halogens is 1. The first-order valence-electron chi connectivity index (χ1n) is 9.66. The SMILES string of the molecule is COc1ccc2cc(C(C)C(=O)N3CCNCC3c3cccnc3)ccc2c1.Cl. The van der Waals surface area contributed by atoms with E-state index in [9.17, 15) is 4.79 Å². The molecule has 1 fully saturated rings. The second kappa shape index (κ2) is 9.25. The second-order valence-corrected chi connectivity index (χ2v) is 7.23. The van der Waals surface area contributed by atoms with E-state index in [2.05, 4.69) is 22.4 Å². The number of rotatable bonds is 4. The lowest BCUT2D eigenvalue weighted by Crippen LogP contribution is -2.49. The van der Waals surface area contributed by atoms with Crippen LogP contribution in [-0.4, -0.2) is 42.5 Å². The fraction of sp³-hybridized carbons (Fsp3) is 0.304. The number of benzene rings is 2. The van der Waals surface area contributed by atoms with Crippen LogP contribution >= 0.6 is 12.4 Å². The molecule has 2 heterocycles. The molecule has 1 aliphatic rings. The number of hydrogen-bond acceptors (Lipinski definition) is 4. The Kier molecular flexibility index (Phi) is 6.72. The largest absolute Gasteiger partial charge is 0.497 e. The van der Waals surface area contributed by atoms with Gasteiger partial charge in [-0.2, -0.15) is 0 Å². The van der Waals surface area contributed by atoms with Crippen LogP contribution in [0.5, 0.6) is 5.75 Å². The van der Waals surface area contributed by atoms with Crippen molar-refractivity contribution in [1.29, 1.82) is 0 Å². The smallest absolute Gasteiger partial charge is 0.230 e. The Hall–Kier alpha value is -2.63. The Bertz CT molecular complexity index is 980. The lowest BCUT2D eigenvalue weighted by molar-refractivity contribution is -0.135. The van der Waals surface area contributed by atoms with Crippen LogP contribution in [0, 0.1) is 0 Å². The predicted octanol–water partition coefficient (Wildman–Crippen LogP) is 3.94. The quantitative estimate of drug-likeness (QED) is 0.706. The molecule has 29 heavy (non-hydrogen) atoms. The van der Waals surface area contributed by atoms with Crippen molar-refractivity contribution in [1.82, 2.24) is 15.2 Å². The highest BCUT2D eigenvalue weighted by molar-refractivity contribution is 5.88. The maximum Gasteiger partial charge on any atom is 0.230 e. The second-order valence-electron chi connectivity index (χ2n) is 7.23. The summed E-state index contributed by atoms with van der Waals surface area (Å²) in [4.78, 5) is 19.6. The van der Waals surface area contributed by atoms with Crippen molar-refractivity contribution < 1.29 is 9.53 Å². The summed E-state index contributed by atoms with van der Waals surface area (Å²) in [7, 11) is 1.67. The molecule has 2 atom stereocenters. The number of hydrogen-bond donors (Lipinski definition) is 1. The topological polar surface area (TPSA) is 54.5 Å². The van der Waals surface area contributed by atoms with Crippen molar-refractivity contribution in [3.8, 4) is 5.75 Å². The first-order valence-corrected chi connectivity index (χ1v) is 9.66. The van der Waals surface area contributed by atoms with Gasteiger partial charge in [-0.25, -0.2) is 0 Å². The lowest BCUT2D eigenvalue weighted by Gasteiger charge is -2.38. The molecule has 1 amide bonds. The third-order valence-corrected chi connectivity index (χ3v) is 5.54. The van der Waals surface area contributed by atoms with E-state index >= 15 is 0 Å². The van der Waals surface area contributed by atoms with Gasteiger partial charge in [0.2, 0.25) is 5.91 Å². The number of aromatic nitrogens is 1. The normalized spacial score (nSPS) is 17.4. The maximum absolute atomic E-state index is 13.4. The highest BCUT2D eigenvalue weighted by Gasteiger charge is 2.31. The van der Waals surface area contributed by atoms with Gasteiger partial charge in [-0.1, -0.05) is 30.3 Å². The van der Waals surface area contributed by atoms with Crippen molar-refractivity contribution in [2.45, 2.75) is 18.9 Å². The zero-order valence-electron chi connectivity index (χ0n) is 16.7. The molecule has 1 aliphatic heterocycles. The van der Waals surface area contributed by atoms with Gasteiger partial charge in [-0.3, -0.25) is 9.78 Å². The molecule has 1 saturated heterocycles. The van der Waals surface area contributed by atoms with Crippen LogP contribution in [0.3, 0.4) is 0 Å². The van der Waals surface area contributed by atoms with Crippen LogP contribution in [0.25, 0.3) is 10.8 Å². The molecule has 2 aromatic carbocycles. The third-order valence-electron chi connectivity index (χ3n) is 5.54. The average Bonchev–Trinajstić information content (AvgIpc) is 2.78. The van der Waals surface area contributed by atoms with Crippen LogP contribution < -0.4 is 10.1 Å². The molecule has 152 valence electrons. The van der Waals surface area contributed by atoms with E-state index in [1.807, 2.05) is 54.4 Å². The average molecular weight is 412 g/mol. The summed E-state index contributed by atoms with van der Waals surface area (Å²) in [5.41, 5.74) is 2.10. The van der Waals surface area contributed by atoms with E-state index in [0.717, 1.165) is 40.7 Å². The fourth-order valence-corrected chi connectivity index (χ4v) is 3.87. The number of ether oxygens (including phenoxy) is 1. The molecule has 3 aromatic rings. The van der Waals surface area contributed by atoms with Crippen LogP contribution in [0.1, 0.15) is 30.0 Å². The number of nitrogens with one attached hydrogen (secondary N) is 1. The fourth-order valence-electron chi connectivity index (χ4n) is 3.87. The van der Waals surface area contributed by atoms with Gasteiger partial charge in [0.25, 0.3) is 0 Å². The molecule has 2 unspecified atom stereocenters. The Morgan fingerprint density at radius 3 is 2.76 bits per heavy atom. The van der Waals surface area contributed by atoms with Crippen molar-refractivity contribution in [3.05, 3.63) is 72.1 Å². The van der Waals surface area contributed by atoms with E-state index in [0.29, 0.717) is 6.54 Å². The van der Waals surface area contributed by atoms with Crippen LogP contribution in [0.4, 0.5) is 0 Å². The molecule has 0 bridgehead atoms. The van der Waals surface area contributed by atoms with Gasteiger partial charge in [0.05, 0.1) is 19.1 Å². The van der Waals surface area contributed by atoms with Gasteiger partial charge in [0, 0.05) is 32.0 Å². The minimum Gasteiger partial charge on any atom is -0.497 e. The molecule has 6 heteroatoms. The van der Waals surface area contributed by atoms with Crippen molar-refractivity contribution in [2.24, 2.45) is 0 Å². The van der Waals surface area contributed by atoms with Crippen molar-refractivity contribution in [2.75, 3.05) is 26.7 Å². The Morgan fingerprint density at radius 2 is 2.00 bits per heavy atom. The highest BCUT2D eigenvalue weighted by Crippen LogP contribution is 2.29. The van der Waals surface area contributed by atoms with Crippen molar-refractivity contribution in [3.63, 3.8) is 0 Å². The van der Waals surface area contributed by atoms with E-state index in [1.165, 1.54) is 0 Å². The Labute approximate surface area is 177 Å². The van der Waals surface area contributed by atoms with E-state index in [-0.39, 0.29) is 30.3 Å². The standard InChI is InChI=1S/C23H25N3O2.ClH/c1-16(17-5-6-19-13-21(28-2)8-7-18(19)12-17)23(27)26-11-10-25-15-22(26)20-4-3-9-24-14-20;/h3-9,12-14,16,22,25H,10-11,15H2,1-2H3;1H. The number of carbonyl (C=O) groups excluding carboxylic acids is 1. The zero-order chi connectivity index (χ0) is 19.5. The van der Waals surface area contributed by atoms with Crippen LogP contribution in [0.2, 0.25) is 0 Å². The van der Waals surface area contributed by atoms with Crippen LogP contribution in [0.15, 0.2) is 60.9 Å². The van der Waals surface area contributed by atoms with Gasteiger partial charge in [-0.05, 0) is 47.0 Å². The number of fused-ring (bicyclic) bond motifs is 1. The molecule has 0 aliphatic carbocycles.